The number of H-pyrrole nitrogens is 1. The van der Waals surface area contributed by atoms with Crippen LogP contribution in [0.2, 0.25) is 0 Å². The van der Waals surface area contributed by atoms with Gasteiger partial charge in [-0.25, -0.2) is 9.78 Å². The van der Waals surface area contributed by atoms with Gasteiger partial charge in [0.15, 0.2) is 11.2 Å². The largest absolute Gasteiger partial charge is 0.434 e. The number of imidazole rings is 1. The molecule has 0 aliphatic heterocycles. The number of ether oxygens (including phenoxy) is 1. The Hall–Kier alpha value is -3.75. The average molecular weight is 398 g/mol. The monoisotopic (exact) mass is 398 g/mol. The van der Waals surface area contributed by atoms with Crippen LogP contribution in [0.1, 0.15) is 11.1 Å². The van der Waals surface area contributed by atoms with Gasteiger partial charge in [-0.1, -0.05) is 48.5 Å². The van der Waals surface area contributed by atoms with Crippen LogP contribution in [-0.4, -0.2) is 25.7 Å². The van der Waals surface area contributed by atoms with Gasteiger partial charge in [-0.3, -0.25) is 14.3 Å². The number of benzene rings is 2. The van der Waals surface area contributed by atoms with Crippen LogP contribution < -0.4 is 16.0 Å². The normalized spacial score (nSPS) is 11.3. The van der Waals surface area contributed by atoms with E-state index in [1.165, 1.54) is 21.5 Å². The lowest BCUT2D eigenvalue weighted by Crippen LogP contribution is -2.31. The molecule has 0 saturated heterocycles. The fourth-order valence-corrected chi connectivity index (χ4v) is 3.18. The number of fused-ring (bicyclic) bond motifs is 1. The Morgan fingerprint density at radius 2 is 1.72 bits per heavy atom. The van der Waals surface area contributed by atoms with Gasteiger partial charge in [0.2, 0.25) is 0 Å². The Morgan fingerprint density at radius 1 is 1.00 bits per heavy atom. The molecule has 0 fully saturated rings. The number of rotatable bonds is 6. The number of alkyl halides is 2. The van der Waals surface area contributed by atoms with Crippen molar-refractivity contribution in [3.8, 4) is 5.75 Å². The Morgan fingerprint density at radius 3 is 2.48 bits per heavy atom. The zero-order chi connectivity index (χ0) is 20.4. The van der Waals surface area contributed by atoms with Crippen molar-refractivity contribution in [1.82, 2.24) is 19.1 Å². The van der Waals surface area contributed by atoms with Crippen LogP contribution in [0.4, 0.5) is 8.78 Å². The van der Waals surface area contributed by atoms with Crippen molar-refractivity contribution in [1.29, 1.82) is 0 Å². The van der Waals surface area contributed by atoms with E-state index in [0.717, 1.165) is 5.56 Å². The number of hydrogen-bond donors (Lipinski definition) is 1. The molecule has 0 atom stereocenters. The maximum atomic E-state index is 12.7. The first-order valence-electron chi connectivity index (χ1n) is 8.77. The number of halogens is 2. The first kappa shape index (κ1) is 18.6. The molecule has 0 spiro atoms. The zero-order valence-electron chi connectivity index (χ0n) is 15.1. The fourth-order valence-electron chi connectivity index (χ4n) is 3.18. The summed E-state index contributed by atoms with van der Waals surface area (Å²) in [4.78, 5) is 31.4. The Bertz CT molecular complexity index is 1260. The van der Waals surface area contributed by atoms with Gasteiger partial charge in [-0.05, 0) is 11.6 Å². The van der Waals surface area contributed by atoms with Gasteiger partial charge in [-0.2, -0.15) is 8.78 Å². The highest BCUT2D eigenvalue weighted by Crippen LogP contribution is 2.22. The predicted octanol–water partition coefficient (Wildman–Crippen LogP) is 2.58. The van der Waals surface area contributed by atoms with E-state index in [-0.39, 0.29) is 30.0 Å². The van der Waals surface area contributed by atoms with Gasteiger partial charge in [0.1, 0.15) is 5.75 Å². The van der Waals surface area contributed by atoms with Crippen LogP contribution in [0.25, 0.3) is 11.2 Å². The molecule has 7 nitrogen and oxygen atoms in total. The second kappa shape index (κ2) is 7.70. The van der Waals surface area contributed by atoms with Crippen molar-refractivity contribution in [2.24, 2.45) is 0 Å². The second-order valence-electron chi connectivity index (χ2n) is 6.36. The molecule has 0 saturated carbocycles. The topological polar surface area (TPSA) is 81.9 Å². The van der Waals surface area contributed by atoms with Crippen LogP contribution >= 0.6 is 0 Å². The summed E-state index contributed by atoms with van der Waals surface area (Å²) < 4.78 is 32.8. The minimum absolute atomic E-state index is 0.0124. The lowest BCUT2D eigenvalue weighted by molar-refractivity contribution is -0.0504. The molecular formula is C20H16F2N4O3. The van der Waals surface area contributed by atoms with Gasteiger partial charge < -0.3 is 9.30 Å². The summed E-state index contributed by atoms with van der Waals surface area (Å²) in [5, 5.41) is 0. The van der Waals surface area contributed by atoms with Gasteiger partial charge in [0.25, 0.3) is 5.56 Å². The molecule has 0 aliphatic rings. The number of para-hydroxylation sites is 1. The fraction of sp³-hybridized carbons (Fsp3) is 0.150. The van der Waals surface area contributed by atoms with Crippen molar-refractivity contribution in [2.45, 2.75) is 19.7 Å². The molecule has 2 heterocycles. The van der Waals surface area contributed by atoms with E-state index in [0.29, 0.717) is 5.56 Å². The summed E-state index contributed by atoms with van der Waals surface area (Å²) in [7, 11) is 0. The maximum Gasteiger partial charge on any atom is 0.387 e. The van der Waals surface area contributed by atoms with E-state index in [2.05, 4.69) is 14.7 Å². The molecule has 2 aromatic heterocycles. The summed E-state index contributed by atoms with van der Waals surface area (Å²) in [6, 6.07) is 15.6. The van der Waals surface area contributed by atoms with Crippen molar-refractivity contribution in [3.05, 3.63) is 92.9 Å². The minimum atomic E-state index is -2.96. The Labute approximate surface area is 162 Å². The lowest BCUT2D eigenvalue weighted by atomic mass is 10.2. The van der Waals surface area contributed by atoms with Crippen molar-refractivity contribution >= 4 is 11.2 Å². The SMILES string of the molecule is O=c1[nH]c(=O)n(Cc2ccccc2)c2ncn(Cc3ccccc3OC(F)F)c12. The predicted molar refractivity (Wildman–Crippen MR) is 102 cm³/mol. The first-order chi connectivity index (χ1) is 14.0. The van der Waals surface area contributed by atoms with E-state index in [1.807, 2.05) is 30.3 Å². The summed E-state index contributed by atoms with van der Waals surface area (Å²) in [6.07, 6.45) is 1.40. The Kier molecular flexibility index (Phi) is 4.94. The van der Waals surface area contributed by atoms with Crippen molar-refractivity contribution in [2.75, 3.05) is 0 Å². The van der Waals surface area contributed by atoms with Gasteiger partial charge >= 0.3 is 12.3 Å². The third-order valence-electron chi connectivity index (χ3n) is 4.47. The second-order valence-corrected chi connectivity index (χ2v) is 6.36. The van der Waals surface area contributed by atoms with Gasteiger partial charge in [-0.15, -0.1) is 0 Å². The molecule has 0 amide bonds. The van der Waals surface area contributed by atoms with Crippen molar-refractivity contribution in [3.63, 3.8) is 0 Å². The summed E-state index contributed by atoms with van der Waals surface area (Å²) in [6.45, 7) is -2.66. The van der Waals surface area contributed by atoms with E-state index < -0.39 is 17.9 Å². The highest BCUT2D eigenvalue weighted by Gasteiger charge is 2.16. The van der Waals surface area contributed by atoms with Crippen LogP contribution in [0.3, 0.4) is 0 Å². The molecule has 4 aromatic rings. The minimum Gasteiger partial charge on any atom is -0.434 e. The van der Waals surface area contributed by atoms with E-state index >= 15 is 0 Å². The highest BCUT2D eigenvalue weighted by molar-refractivity contribution is 5.70. The molecule has 4 rings (SSSR count). The molecule has 0 unspecified atom stereocenters. The third kappa shape index (κ3) is 3.79. The summed E-state index contributed by atoms with van der Waals surface area (Å²) >= 11 is 0. The molecule has 0 bridgehead atoms. The van der Waals surface area contributed by atoms with Gasteiger partial charge in [0.05, 0.1) is 19.4 Å². The van der Waals surface area contributed by atoms with E-state index in [4.69, 9.17) is 0 Å². The lowest BCUT2D eigenvalue weighted by Gasteiger charge is -2.11. The molecule has 9 heteroatoms. The summed E-state index contributed by atoms with van der Waals surface area (Å²) in [5.74, 6) is 0.0124. The first-order valence-corrected chi connectivity index (χ1v) is 8.77. The average Bonchev–Trinajstić information content (AvgIpc) is 3.11. The highest BCUT2D eigenvalue weighted by atomic mass is 19.3. The molecule has 2 aromatic carbocycles. The van der Waals surface area contributed by atoms with E-state index in [9.17, 15) is 18.4 Å². The number of hydrogen-bond acceptors (Lipinski definition) is 4. The number of aromatic amines is 1. The molecule has 1 N–H and O–H groups in total. The number of nitrogens with zero attached hydrogens (tertiary/aromatic N) is 3. The van der Waals surface area contributed by atoms with E-state index in [1.54, 1.807) is 18.2 Å². The molecule has 29 heavy (non-hydrogen) atoms. The van der Waals surface area contributed by atoms with Crippen LogP contribution in [0.5, 0.6) is 5.75 Å². The smallest absolute Gasteiger partial charge is 0.387 e. The zero-order valence-corrected chi connectivity index (χ0v) is 15.1. The molecular weight excluding hydrogens is 382 g/mol. The Balaban J connectivity index is 1.78. The van der Waals surface area contributed by atoms with Crippen LogP contribution in [0.15, 0.2) is 70.5 Å². The van der Waals surface area contributed by atoms with Crippen molar-refractivity contribution < 1.29 is 13.5 Å². The van der Waals surface area contributed by atoms with Gasteiger partial charge in [0, 0.05) is 5.56 Å². The van der Waals surface area contributed by atoms with Crippen LogP contribution in [-0.2, 0) is 13.1 Å². The quantitative estimate of drug-likeness (QED) is 0.541. The molecule has 0 radical (unpaired) electrons. The molecule has 148 valence electrons. The third-order valence-corrected chi connectivity index (χ3v) is 4.47. The summed E-state index contributed by atoms with van der Waals surface area (Å²) in [5.41, 5.74) is 0.542. The maximum absolute atomic E-state index is 12.7. The number of aromatic nitrogens is 4. The standard InChI is InChI=1S/C20H16F2N4O3/c21-19(22)29-15-9-5-4-8-14(15)11-25-12-23-17-16(25)18(27)24-20(28)26(17)10-13-6-2-1-3-7-13/h1-9,12,19H,10-11H2,(H,24,27,28). The molecule has 0 aliphatic carbocycles. The number of nitrogens with one attached hydrogen (secondary N) is 1. The van der Waals surface area contributed by atoms with Crippen LogP contribution in [0, 0.1) is 0 Å².